The smallest absolute Gasteiger partial charge is 0.229 e. The Kier molecular flexibility index (Phi) is 6.23. The topological polar surface area (TPSA) is 79.3 Å². The van der Waals surface area contributed by atoms with E-state index in [1.807, 2.05) is 71.1 Å². The number of nitrogens with one attached hydrogen (secondary N) is 2. The van der Waals surface area contributed by atoms with Crippen molar-refractivity contribution in [1.29, 1.82) is 0 Å². The maximum absolute atomic E-state index is 14.1. The van der Waals surface area contributed by atoms with E-state index in [4.69, 9.17) is 12.2 Å². The van der Waals surface area contributed by atoms with Crippen LogP contribution in [0.5, 0.6) is 0 Å². The lowest BCUT2D eigenvalue weighted by molar-refractivity contribution is 0.549. The maximum Gasteiger partial charge on any atom is 0.229 e. The standard InChI is InChI=1S/C26H24FN5O2S2/c1-17-15-20(11-12-21(17)30-36(2,33)34)32-25(24(29-26(32)35)22-9-3-4-13-28-22)23-10-6-14-31(23)19-8-5-7-18(27)16-19/h3-16,24-25,30H,1-2H3,(H,29,35)/t24-,25+/m1/s1. The van der Waals surface area contributed by atoms with Gasteiger partial charge in [-0.3, -0.25) is 9.71 Å². The second kappa shape index (κ2) is 9.36. The lowest BCUT2D eigenvalue weighted by atomic mass is 10.0. The third kappa shape index (κ3) is 4.69. The normalized spacial score (nSPS) is 17.8. The first-order chi connectivity index (χ1) is 17.2. The van der Waals surface area contributed by atoms with Crippen LogP contribution in [-0.4, -0.2) is 29.3 Å². The van der Waals surface area contributed by atoms with Gasteiger partial charge in [-0.1, -0.05) is 12.1 Å². The summed E-state index contributed by atoms with van der Waals surface area (Å²) in [7, 11) is -3.42. The minimum Gasteiger partial charge on any atom is -0.351 e. The van der Waals surface area contributed by atoms with Crippen LogP contribution < -0.4 is 14.9 Å². The molecule has 1 aliphatic heterocycles. The van der Waals surface area contributed by atoms with E-state index in [-0.39, 0.29) is 17.9 Å². The van der Waals surface area contributed by atoms with Crippen molar-refractivity contribution in [3.63, 3.8) is 0 Å². The van der Waals surface area contributed by atoms with E-state index in [9.17, 15) is 12.8 Å². The van der Waals surface area contributed by atoms with Gasteiger partial charge in [-0.25, -0.2) is 12.8 Å². The highest BCUT2D eigenvalue weighted by Crippen LogP contribution is 2.43. The second-order valence-corrected chi connectivity index (χ2v) is 10.8. The molecule has 0 saturated carbocycles. The van der Waals surface area contributed by atoms with Gasteiger partial charge in [0, 0.05) is 29.5 Å². The summed E-state index contributed by atoms with van der Waals surface area (Å²) in [6.45, 7) is 1.84. The number of thiocarbonyl (C=S) groups is 1. The summed E-state index contributed by atoms with van der Waals surface area (Å²) in [5.74, 6) is -0.324. The van der Waals surface area contributed by atoms with Crippen molar-refractivity contribution in [1.82, 2.24) is 14.9 Å². The average Bonchev–Trinajstić information content (AvgIpc) is 3.44. The minimum absolute atomic E-state index is 0.282. The van der Waals surface area contributed by atoms with E-state index in [1.54, 1.807) is 18.3 Å². The zero-order valence-corrected chi connectivity index (χ0v) is 21.2. The van der Waals surface area contributed by atoms with Crippen molar-refractivity contribution in [2.24, 2.45) is 0 Å². The minimum atomic E-state index is -3.42. The van der Waals surface area contributed by atoms with Gasteiger partial charge in [-0.05, 0) is 85.4 Å². The highest BCUT2D eigenvalue weighted by molar-refractivity contribution is 7.92. The van der Waals surface area contributed by atoms with Crippen LogP contribution in [0.1, 0.15) is 29.0 Å². The van der Waals surface area contributed by atoms with E-state index in [0.29, 0.717) is 16.5 Å². The molecule has 4 aromatic rings. The van der Waals surface area contributed by atoms with E-state index < -0.39 is 10.0 Å². The zero-order valence-electron chi connectivity index (χ0n) is 19.6. The number of nitrogens with zero attached hydrogens (tertiary/aromatic N) is 3. The van der Waals surface area contributed by atoms with Crippen LogP contribution >= 0.6 is 12.2 Å². The molecule has 184 valence electrons. The van der Waals surface area contributed by atoms with Crippen molar-refractivity contribution in [2.45, 2.75) is 19.0 Å². The molecular formula is C26H24FN5O2S2. The molecule has 0 aliphatic carbocycles. The number of aromatic nitrogens is 2. The van der Waals surface area contributed by atoms with Crippen molar-refractivity contribution in [3.05, 3.63) is 108 Å². The van der Waals surface area contributed by atoms with Crippen LogP contribution in [0.2, 0.25) is 0 Å². The van der Waals surface area contributed by atoms with Gasteiger partial charge in [-0.15, -0.1) is 0 Å². The molecule has 5 rings (SSSR count). The first-order valence-electron chi connectivity index (χ1n) is 11.2. The number of sulfonamides is 1. The molecule has 10 heteroatoms. The van der Waals surface area contributed by atoms with Gasteiger partial charge in [0.2, 0.25) is 10.0 Å². The molecule has 1 fully saturated rings. The quantitative estimate of drug-likeness (QED) is 0.353. The predicted molar refractivity (Wildman–Crippen MR) is 143 cm³/mol. The number of hydrogen-bond acceptors (Lipinski definition) is 4. The molecule has 1 saturated heterocycles. The summed E-state index contributed by atoms with van der Waals surface area (Å²) < 4.78 is 42.1. The maximum atomic E-state index is 14.1. The highest BCUT2D eigenvalue weighted by Gasteiger charge is 2.42. The summed E-state index contributed by atoms with van der Waals surface area (Å²) in [5, 5.41) is 3.92. The molecule has 1 aliphatic rings. The highest BCUT2D eigenvalue weighted by atomic mass is 32.2. The van der Waals surface area contributed by atoms with Crippen LogP contribution in [0.4, 0.5) is 15.8 Å². The van der Waals surface area contributed by atoms with Crippen LogP contribution in [-0.2, 0) is 10.0 Å². The molecule has 2 aromatic carbocycles. The summed E-state index contributed by atoms with van der Waals surface area (Å²) in [6.07, 6.45) is 4.75. The van der Waals surface area contributed by atoms with Crippen LogP contribution in [0.15, 0.2) is 85.2 Å². The second-order valence-electron chi connectivity index (χ2n) is 8.65. The van der Waals surface area contributed by atoms with Gasteiger partial charge >= 0.3 is 0 Å². The fourth-order valence-corrected chi connectivity index (χ4v) is 5.52. The number of hydrogen-bond donors (Lipinski definition) is 2. The van der Waals surface area contributed by atoms with Crippen molar-refractivity contribution in [3.8, 4) is 5.69 Å². The van der Waals surface area contributed by atoms with Crippen LogP contribution in [0.3, 0.4) is 0 Å². The zero-order chi connectivity index (χ0) is 25.4. The third-order valence-electron chi connectivity index (χ3n) is 6.05. The lowest BCUT2D eigenvalue weighted by Gasteiger charge is -2.29. The summed E-state index contributed by atoms with van der Waals surface area (Å²) in [5.41, 5.74) is 4.43. The molecule has 0 unspecified atom stereocenters. The van der Waals surface area contributed by atoms with E-state index >= 15 is 0 Å². The molecule has 36 heavy (non-hydrogen) atoms. The SMILES string of the molecule is Cc1cc(N2C(=S)N[C@H](c3ccccn3)[C@@H]2c2cccn2-c2cccc(F)c2)ccc1NS(C)(=O)=O. The number of pyridine rings is 1. The molecular weight excluding hydrogens is 497 g/mol. The fraction of sp³-hybridized carbons (Fsp3) is 0.154. The summed E-state index contributed by atoms with van der Waals surface area (Å²) in [4.78, 5) is 6.57. The van der Waals surface area contributed by atoms with Crippen molar-refractivity contribution in [2.75, 3.05) is 15.9 Å². The number of halogens is 1. The van der Waals surface area contributed by atoms with Gasteiger partial charge in [0.05, 0.1) is 23.7 Å². The molecule has 0 amide bonds. The van der Waals surface area contributed by atoms with Gasteiger partial charge in [0.1, 0.15) is 11.9 Å². The van der Waals surface area contributed by atoms with Gasteiger partial charge in [-0.2, -0.15) is 0 Å². The molecule has 2 aromatic heterocycles. The molecule has 0 spiro atoms. The Morgan fingerprint density at radius 2 is 1.86 bits per heavy atom. The Labute approximate surface area is 214 Å². The fourth-order valence-electron chi connectivity index (χ4n) is 4.54. The Morgan fingerprint density at radius 3 is 2.56 bits per heavy atom. The lowest BCUT2D eigenvalue weighted by Crippen LogP contribution is -2.30. The number of rotatable bonds is 6. The van der Waals surface area contributed by atoms with Gasteiger partial charge < -0.3 is 14.8 Å². The van der Waals surface area contributed by atoms with Crippen molar-refractivity contribution < 1.29 is 12.8 Å². The van der Waals surface area contributed by atoms with E-state index in [1.165, 1.54) is 12.1 Å². The van der Waals surface area contributed by atoms with Crippen molar-refractivity contribution >= 4 is 38.7 Å². The molecule has 2 atom stereocenters. The Morgan fingerprint density at radius 1 is 1.03 bits per heavy atom. The molecule has 3 heterocycles. The van der Waals surface area contributed by atoms with Crippen LogP contribution in [0.25, 0.3) is 5.69 Å². The first kappa shape index (κ1) is 24.0. The van der Waals surface area contributed by atoms with E-state index in [2.05, 4.69) is 15.0 Å². The summed E-state index contributed by atoms with van der Waals surface area (Å²) >= 11 is 5.80. The first-order valence-corrected chi connectivity index (χ1v) is 13.5. The third-order valence-corrected chi connectivity index (χ3v) is 6.96. The largest absolute Gasteiger partial charge is 0.351 e. The number of aryl methyl sites for hydroxylation is 1. The Hall–Kier alpha value is -3.76. The number of anilines is 2. The Balaban J connectivity index is 1.64. The number of benzene rings is 2. The monoisotopic (exact) mass is 521 g/mol. The van der Waals surface area contributed by atoms with Gasteiger partial charge in [0.25, 0.3) is 0 Å². The molecule has 2 N–H and O–H groups in total. The molecule has 7 nitrogen and oxygen atoms in total. The molecule has 0 radical (unpaired) electrons. The average molecular weight is 522 g/mol. The van der Waals surface area contributed by atoms with Crippen LogP contribution in [0, 0.1) is 12.7 Å². The summed E-state index contributed by atoms with van der Waals surface area (Å²) in [6, 6.07) is 20.9. The van der Waals surface area contributed by atoms with E-state index in [0.717, 1.165) is 28.9 Å². The molecule has 0 bridgehead atoms. The Bertz CT molecular complexity index is 1540. The van der Waals surface area contributed by atoms with Gasteiger partial charge in [0.15, 0.2) is 5.11 Å². The predicted octanol–water partition coefficient (Wildman–Crippen LogP) is 4.87.